The Morgan fingerprint density at radius 3 is 2.00 bits per heavy atom. The second-order valence-corrected chi connectivity index (χ2v) is 6.08. The summed E-state index contributed by atoms with van der Waals surface area (Å²) in [5.41, 5.74) is 1.21. The van der Waals surface area contributed by atoms with Gasteiger partial charge in [-0.15, -0.1) is 0 Å². The first-order valence-electron chi connectivity index (χ1n) is 9.05. The second kappa shape index (κ2) is 13.8. The number of ether oxygens (including phenoxy) is 2. The molecule has 0 amide bonds. The van der Waals surface area contributed by atoms with Crippen LogP contribution in [0.5, 0.6) is 0 Å². The number of hydrogen-bond donors (Lipinski definition) is 0. The molecule has 0 saturated heterocycles. The molecule has 1 atom stereocenters. The summed E-state index contributed by atoms with van der Waals surface area (Å²) in [6, 6.07) is 10.3. The van der Waals surface area contributed by atoms with E-state index in [1.165, 1.54) is 63.4 Å². The summed E-state index contributed by atoms with van der Waals surface area (Å²) in [5.74, 6) is 0. The Morgan fingerprint density at radius 2 is 1.41 bits per heavy atom. The number of rotatable bonds is 14. The molecule has 2 nitrogen and oxygen atoms in total. The minimum Gasteiger partial charge on any atom is -0.356 e. The third kappa shape index (κ3) is 9.97. The molecule has 1 unspecified atom stereocenters. The van der Waals surface area contributed by atoms with Gasteiger partial charge in [0, 0.05) is 7.11 Å². The highest BCUT2D eigenvalue weighted by Gasteiger charge is 2.07. The van der Waals surface area contributed by atoms with Crippen molar-refractivity contribution in [2.75, 3.05) is 7.11 Å². The van der Waals surface area contributed by atoms with Gasteiger partial charge in [0.15, 0.2) is 6.29 Å². The summed E-state index contributed by atoms with van der Waals surface area (Å²) in [4.78, 5) is 0. The highest BCUT2D eigenvalue weighted by Crippen LogP contribution is 2.14. The fourth-order valence-electron chi connectivity index (χ4n) is 2.65. The zero-order valence-electron chi connectivity index (χ0n) is 14.6. The first-order chi connectivity index (χ1) is 10.9. The van der Waals surface area contributed by atoms with Crippen molar-refractivity contribution in [2.45, 2.75) is 84.0 Å². The van der Waals surface area contributed by atoms with E-state index < -0.39 is 0 Å². The van der Waals surface area contributed by atoms with E-state index in [0.717, 1.165) is 6.42 Å². The molecule has 1 aromatic rings. The van der Waals surface area contributed by atoms with Crippen LogP contribution in [-0.2, 0) is 16.1 Å². The maximum Gasteiger partial charge on any atom is 0.157 e. The van der Waals surface area contributed by atoms with Crippen molar-refractivity contribution in [3.8, 4) is 0 Å². The maximum absolute atomic E-state index is 5.83. The lowest BCUT2D eigenvalue weighted by Gasteiger charge is -2.16. The normalized spacial score (nSPS) is 12.5. The molecule has 1 rings (SSSR count). The van der Waals surface area contributed by atoms with Gasteiger partial charge in [-0.2, -0.15) is 0 Å². The van der Waals surface area contributed by atoms with E-state index >= 15 is 0 Å². The molecule has 0 saturated carbocycles. The van der Waals surface area contributed by atoms with Crippen LogP contribution < -0.4 is 0 Å². The van der Waals surface area contributed by atoms with Gasteiger partial charge in [-0.25, -0.2) is 0 Å². The Balaban J connectivity index is 1.97. The van der Waals surface area contributed by atoms with E-state index in [9.17, 15) is 0 Å². The molecule has 0 aliphatic heterocycles. The van der Waals surface area contributed by atoms with E-state index in [4.69, 9.17) is 9.47 Å². The molecule has 126 valence electrons. The lowest BCUT2D eigenvalue weighted by atomic mass is 10.1. The van der Waals surface area contributed by atoms with Gasteiger partial charge in [-0.3, -0.25) is 0 Å². The fraction of sp³-hybridized carbons (Fsp3) is 0.700. The number of unbranched alkanes of at least 4 members (excludes halogenated alkanes) is 8. The van der Waals surface area contributed by atoms with Crippen LogP contribution in [0.4, 0.5) is 0 Å². The average molecular weight is 306 g/mol. The Labute approximate surface area is 137 Å². The molecule has 0 aromatic heterocycles. The van der Waals surface area contributed by atoms with E-state index in [-0.39, 0.29) is 6.29 Å². The van der Waals surface area contributed by atoms with Gasteiger partial charge >= 0.3 is 0 Å². The van der Waals surface area contributed by atoms with Crippen LogP contribution in [-0.4, -0.2) is 13.4 Å². The Kier molecular flexibility index (Phi) is 12.0. The zero-order chi connectivity index (χ0) is 15.9. The molecule has 2 heteroatoms. The Hall–Kier alpha value is -0.860. The van der Waals surface area contributed by atoms with Crippen molar-refractivity contribution < 1.29 is 9.47 Å². The monoisotopic (exact) mass is 306 g/mol. The first kappa shape index (κ1) is 19.2. The van der Waals surface area contributed by atoms with Crippen LogP contribution in [0.15, 0.2) is 30.3 Å². The molecule has 0 heterocycles. The summed E-state index contributed by atoms with van der Waals surface area (Å²) in [5, 5.41) is 0. The Morgan fingerprint density at radius 1 is 0.818 bits per heavy atom. The van der Waals surface area contributed by atoms with E-state index in [2.05, 4.69) is 19.1 Å². The van der Waals surface area contributed by atoms with Crippen molar-refractivity contribution >= 4 is 0 Å². The minimum absolute atomic E-state index is 0.0650. The van der Waals surface area contributed by atoms with E-state index in [1.54, 1.807) is 7.11 Å². The van der Waals surface area contributed by atoms with Crippen molar-refractivity contribution in [2.24, 2.45) is 0 Å². The van der Waals surface area contributed by atoms with Gasteiger partial charge in [0.2, 0.25) is 0 Å². The van der Waals surface area contributed by atoms with Crippen LogP contribution in [0.3, 0.4) is 0 Å². The summed E-state index contributed by atoms with van der Waals surface area (Å²) < 4.78 is 11.2. The third-order valence-electron chi connectivity index (χ3n) is 4.08. The number of hydrogen-bond acceptors (Lipinski definition) is 2. The number of benzene rings is 1. The first-order valence-corrected chi connectivity index (χ1v) is 9.05. The quantitative estimate of drug-likeness (QED) is 0.305. The van der Waals surface area contributed by atoms with Gasteiger partial charge in [0.1, 0.15) is 0 Å². The summed E-state index contributed by atoms with van der Waals surface area (Å²) in [6.07, 6.45) is 13.1. The average Bonchev–Trinajstić information content (AvgIpc) is 2.57. The summed E-state index contributed by atoms with van der Waals surface area (Å²) in [6.45, 7) is 2.91. The minimum atomic E-state index is -0.0650. The molecule has 1 aromatic carbocycles. The molecule has 0 radical (unpaired) electrons. The highest BCUT2D eigenvalue weighted by atomic mass is 16.7. The van der Waals surface area contributed by atoms with Gasteiger partial charge in [-0.05, 0) is 18.4 Å². The second-order valence-electron chi connectivity index (χ2n) is 6.08. The maximum atomic E-state index is 5.83. The molecule has 22 heavy (non-hydrogen) atoms. The van der Waals surface area contributed by atoms with Crippen molar-refractivity contribution in [1.82, 2.24) is 0 Å². The van der Waals surface area contributed by atoms with Gasteiger partial charge in [-0.1, -0.05) is 88.6 Å². The lowest BCUT2D eigenvalue weighted by Crippen LogP contribution is -2.15. The topological polar surface area (TPSA) is 18.5 Å². The van der Waals surface area contributed by atoms with Crippen molar-refractivity contribution in [1.29, 1.82) is 0 Å². The molecule has 0 N–H and O–H groups in total. The predicted octanol–water partition coefficient (Wildman–Crippen LogP) is 6.10. The predicted molar refractivity (Wildman–Crippen MR) is 93.9 cm³/mol. The van der Waals surface area contributed by atoms with Crippen LogP contribution in [0, 0.1) is 0 Å². The molecule has 0 aliphatic rings. The van der Waals surface area contributed by atoms with Crippen LogP contribution in [0.25, 0.3) is 0 Å². The molecule has 0 spiro atoms. The number of methoxy groups -OCH3 is 1. The SMILES string of the molecule is CCCCCCCCCCCC(OC)OCc1ccccc1. The largest absolute Gasteiger partial charge is 0.356 e. The van der Waals surface area contributed by atoms with Gasteiger partial charge < -0.3 is 9.47 Å². The van der Waals surface area contributed by atoms with Crippen molar-refractivity contribution in [3.63, 3.8) is 0 Å². The lowest BCUT2D eigenvalue weighted by molar-refractivity contribution is -0.135. The smallest absolute Gasteiger partial charge is 0.157 e. The van der Waals surface area contributed by atoms with Crippen molar-refractivity contribution in [3.05, 3.63) is 35.9 Å². The molecule has 0 bridgehead atoms. The highest BCUT2D eigenvalue weighted by molar-refractivity contribution is 5.13. The third-order valence-corrected chi connectivity index (χ3v) is 4.08. The Bertz CT molecular complexity index is 337. The zero-order valence-corrected chi connectivity index (χ0v) is 14.6. The van der Waals surface area contributed by atoms with E-state index in [1.807, 2.05) is 18.2 Å². The van der Waals surface area contributed by atoms with E-state index in [0.29, 0.717) is 6.61 Å². The summed E-state index contributed by atoms with van der Waals surface area (Å²) in [7, 11) is 1.74. The van der Waals surface area contributed by atoms with Crippen LogP contribution in [0.2, 0.25) is 0 Å². The van der Waals surface area contributed by atoms with Gasteiger partial charge in [0.25, 0.3) is 0 Å². The standard InChI is InChI=1S/C20H34O2/c1-3-4-5-6-7-8-9-10-14-17-20(21-2)22-18-19-15-12-11-13-16-19/h11-13,15-16,20H,3-10,14,17-18H2,1-2H3. The van der Waals surface area contributed by atoms with Crippen LogP contribution in [0.1, 0.15) is 76.7 Å². The fourth-order valence-corrected chi connectivity index (χ4v) is 2.65. The molecular weight excluding hydrogens is 272 g/mol. The summed E-state index contributed by atoms with van der Waals surface area (Å²) >= 11 is 0. The molecule has 0 aliphatic carbocycles. The van der Waals surface area contributed by atoms with Gasteiger partial charge in [0.05, 0.1) is 6.61 Å². The molecule has 0 fully saturated rings. The molecular formula is C20H34O2. The van der Waals surface area contributed by atoms with Crippen LogP contribution >= 0.6 is 0 Å².